The van der Waals surface area contributed by atoms with Gasteiger partial charge in [-0.05, 0) is 49.1 Å². The van der Waals surface area contributed by atoms with E-state index in [1.54, 1.807) is 12.4 Å². The summed E-state index contributed by atoms with van der Waals surface area (Å²) in [7, 11) is 0. The summed E-state index contributed by atoms with van der Waals surface area (Å²) in [5, 5.41) is 3.42. The van der Waals surface area contributed by atoms with Crippen molar-refractivity contribution in [3.05, 3.63) is 59.3 Å². The average molecular weight is 377 g/mol. The molecule has 4 rings (SSSR count). The highest BCUT2D eigenvalue weighted by Crippen LogP contribution is 2.29. The van der Waals surface area contributed by atoms with E-state index in [4.69, 9.17) is 0 Å². The second-order valence-corrected chi connectivity index (χ2v) is 7.71. The van der Waals surface area contributed by atoms with Crippen LogP contribution in [0.4, 0.5) is 5.69 Å². The molecule has 0 fully saturated rings. The van der Waals surface area contributed by atoms with E-state index in [0.29, 0.717) is 25.4 Å². The fourth-order valence-corrected chi connectivity index (χ4v) is 3.95. The standard InChI is InChI=1S/C22H27N5O/c1-4-17(11-24-18-5-7-23-8-6-18)10-22(28)26-13-19-15(2)9-21-25-16(3)12-27(21)20(19)14-26/h5-9,12,17H,4,10-11,13-14H2,1-3H3,(H,23,24). The molecule has 146 valence electrons. The van der Waals surface area contributed by atoms with E-state index in [9.17, 15) is 4.79 Å². The first-order valence-electron chi connectivity index (χ1n) is 9.94. The van der Waals surface area contributed by atoms with Crippen molar-refractivity contribution in [2.45, 2.75) is 46.7 Å². The number of nitrogens with one attached hydrogen (secondary N) is 1. The number of carbonyl (C=O) groups is 1. The Hall–Kier alpha value is -2.89. The van der Waals surface area contributed by atoms with Gasteiger partial charge in [0.15, 0.2) is 0 Å². The number of nitrogens with zero attached hydrogens (tertiary/aromatic N) is 4. The van der Waals surface area contributed by atoms with Gasteiger partial charge in [0.25, 0.3) is 0 Å². The fourth-order valence-electron chi connectivity index (χ4n) is 3.95. The van der Waals surface area contributed by atoms with Crippen molar-refractivity contribution < 1.29 is 4.79 Å². The molecule has 0 spiro atoms. The molecule has 1 unspecified atom stereocenters. The number of amides is 1. The first kappa shape index (κ1) is 18.5. The summed E-state index contributed by atoms with van der Waals surface area (Å²) in [5.74, 6) is 0.532. The van der Waals surface area contributed by atoms with Crippen LogP contribution in [-0.4, -0.2) is 31.7 Å². The van der Waals surface area contributed by atoms with Gasteiger partial charge in [-0.15, -0.1) is 0 Å². The summed E-state index contributed by atoms with van der Waals surface area (Å²) in [6, 6.07) is 6.02. The van der Waals surface area contributed by atoms with Gasteiger partial charge in [-0.1, -0.05) is 13.3 Å². The number of aromatic nitrogens is 3. The van der Waals surface area contributed by atoms with Gasteiger partial charge in [-0.25, -0.2) is 4.98 Å². The normalized spacial score (nSPS) is 14.3. The number of rotatable bonds is 6. The molecule has 28 heavy (non-hydrogen) atoms. The van der Waals surface area contributed by atoms with Crippen LogP contribution in [-0.2, 0) is 17.9 Å². The molecule has 1 atom stereocenters. The molecule has 1 aliphatic heterocycles. The predicted octanol–water partition coefficient (Wildman–Crippen LogP) is 3.72. The van der Waals surface area contributed by atoms with Crippen molar-refractivity contribution in [2.24, 2.45) is 5.92 Å². The zero-order valence-electron chi connectivity index (χ0n) is 16.8. The largest absolute Gasteiger partial charge is 0.385 e. The van der Waals surface area contributed by atoms with Crippen molar-refractivity contribution in [2.75, 3.05) is 11.9 Å². The van der Waals surface area contributed by atoms with Crippen LogP contribution in [0.5, 0.6) is 0 Å². The lowest BCUT2D eigenvalue weighted by atomic mass is 10.0. The van der Waals surface area contributed by atoms with Crippen LogP contribution >= 0.6 is 0 Å². The van der Waals surface area contributed by atoms with Gasteiger partial charge in [0.1, 0.15) is 5.65 Å². The molecular formula is C22H27N5O. The molecule has 6 heteroatoms. The predicted molar refractivity (Wildman–Crippen MR) is 110 cm³/mol. The van der Waals surface area contributed by atoms with E-state index in [-0.39, 0.29) is 5.91 Å². The Labute approximate surface area is 165 Å². The number of hydrogen-bond donors (Lipinski definition) is 1. The van der Waals surface area contributed by atoms with Gasteiger partial charge in [-0.2, -0.15) is 0 Å². The maximum absolute atomic E-state index is 13.0. The van der Waals surface area contributed by atoms with Crippen LogP contribution in [0.3, 0.4) is 0 Å². The molecule has 0 aliphatic carbocycles. The van der Waals surface area contributed by atoms with Gasteiger partial charge in [0, 0.05) is 49.5 Å². The molecule has 1 amide bonds. The highest BCUT2D eigenvalue weighted by Gasteiger charge is 2.28. The Balaban J connectivity index is 1.43. The van der Waals surface area contributed by atoms with Crippen molar-refractivity contribution >= 4 is 17.2 Å². The molecule has 0 saturated carbocycles. The molecule has 0 aromatic carbocycles. The molecule has 1 aliphatic rings. The summed E-state index contributed by atoms with van der Waals surface area (Å²) in [4.78, 5) is 23.6. The lowest BCUT2D eigenvalue weighted by molar-refractivity contribution is -0.132. The third kappa shape index (κ3) is 3.59. The lowest BCUT2D eigenvalue weighted by Gasteiger charge is -2.21. The van der Waals surface area contributed by atoms with Gasteiger partial charge >= 0.3 is 0 Å². The van der Waals surface area contributed by atoms with Crippen molar-refractivity contribution in [3.63, 3.8) is 0 Å². The monoisotopic (exact) mass is 377 g/mol. The minimum atomic E-state index is 0.226. The molecule has 0 saturated heterocycles. The summed E-state index contributed by atoms with van der Waals surface area (Å²) in [5.41, 5.74) is 6.70. The van der Waals surface area contributed by atoms with E-state index in [1.165, 1.54) is 16.8 Å². The van der Waals surface area contributed by atoms with Crippen LogP contribution in [0.2, 0.25) is 0 Å². The quantitative estimate of drug-likeness (QED) is 0.711. The van der Waals surface area contributed by atoms with Crippen LogP contribution in [0.25, 0.3) is 5.65 Å². The minimum Gasteiger partial charge on any atom is -0.385 e. The van der Waals surface area contributed by atoms with Crippen LogP contribution in [0.1, 0.15) is 42.3 Å². The Morgan fingerprint density at radius 1 is 1.25 bits per heavy atom. The van der Waals surface area contributed by atoms with Crippen molar-refractivity contribution in [1.82, 2.24) is 19.3 Å². The molecular weight excluding hydrogens is 350 g/mol. The number of carbonyl (C=O) groups excluding carboxylic acids is 1. The van der Waals surface area contributed by atoms with Gasteiger partial charge in [0.05, 0.1) is 12.2 Å². The number of hydrogen-bond acceptors (Lipinski definition) is 4. The SMILES string of the molecule is CCC(CNc1ccncc1)CC(=O)N1Cc2c(C)cc3nc(C)cn3c2C1. The first-order valence-corrected chi connectivity index (χ1v) is 9.94. The fraction of sp³-hybridized carbons (Fsp3) is 0.409. The Morgan fingerprint density at radius 2 is 2.04 bits per heavy atom. The number of pyridine rings is 2. The summed E-state index contributed by atoms with van der Waals surface area (Å²) in [6.07, 6.45) is 7.14. The maximum atomic E-state index is 13.0. The topological polar surface area (TPSA) is 62.5 Å². The molecule has 3 aromatic rings. The minimum absolute atomic E-state index is 0.226. The van der Waals surface area contributed by atoms with Crippen LogP contribution in [0, 0.1) is 19.8 Å². The first-order chi connectivity index (χ1) is 13.5. The highest BCUT2D eigenvalue weighted by atomic mass is 16.2. The third-order valence-corrected chi connectivity index (χ3v) is 5.67. The molecule has 1 N–H and O–H groups in total. The highest BCUT2D eigenvalue weighted by molar-refractivity contribution is 5.77. The third-order valence-electron chi connectivity index (χ3n) is 5.67. The second kappa shape index (κ2) is 7.62. The number of aryl methyl sites for hydroxylation is 2. The Kier molecular flexibility index (Phi) is 5.03. The van der Waals surface area contributed by atoms with Gasteiger partial charge in [0.2, 0.25) is 5.91 Å². The Morgan fingerprint density at radius 3 is 2.79 bits per heavy atom. The Bertz CT molecular complexity index is 995. The smallest absolute Gasteiger partial charge is 0.223 e. The van der Waals surface area contributed by atoms with Crippen molar-refractivity contribution in [1.29, 1.82) is 0 Å². The van der Waals surface area contributed by atoms with E-state index in [0.717, 1.165) is 30.0 Å². The number of anilines is 1. The lowest BCUT2D eigenvalue weighted by Crippen LogP contribution is -2.29. The number of fused-ring (bicyclic) bond motifs is 3. The maximum Gasteiger partial charge on any atom is 0.223 e. The molecule has 0 radical (unpaired) electrons. The summed E-state index contributed by atoms with van der Waals surface area (Å²) >= 11 is 0. The van der Waals surface area contributed by atoms with Gasteiger partial charge < -0.3 is 14.6 Å². The molecule has 6 nitrogen and oxygen atoms in total. The van der Waals surface area contributed by atoms with E-state index in [2.05, 4.69) is 45.8 Å². The molecule has 3 aromatic heterocycles. The second-order valence-electron chi connectivity index (χ2n) is 7.71. The zero-order valence-corrected chi connectivity index (χ0v) is 16.8. The zero-order chi connectivity index (χ0) is 19.7. The number of imidazole rings is 1. The molecule has 4 heterocycles. The summed E-state index contributed by atoms with van der Waals surface area (Å²) < 4.78 is 2.15. The average Bonchev–Trinajstić information content (AvgIpc) is 3.29. The van der Waals surface area contributed by atoms with Gasteiger partial charge in [-0.3, -0.25) is 9.78 Å². The van der Waals surface area contributed by atoms with E-state index < -0.39 is 0 Å². The van der Waals surface area contributed by atoms with Crippen LogP contribution in [0.15, 0.2) is 36.8 Å². The molecule has 0 bridgehead atoms. The summed E-state index contributed by atoms with van der Waals surface area (Å²) in [6.45, 7) is 8.42. The van der Waals surface area contributed by atoms with E-state index in [1.807, 2.05) is 24.0 Å². The van der Waals surface area contributed by atoms with Crippen LogP contribution < -0.4 is 5.32 Å². The van der Waals surface area contributed by atoms with E-state index >= 15 is 0 Å². The van der Waals surface area contributed by atoms with Crippen molar-refractivity contribution in [3.8, 4) is 0 Å².